The summed E-state index contributed by atoms with van der Waals surface area (Å²) >= 11 is 0. The van der Waals surface area contributed by atoms with E-state index in [1.807, 2.05) is 38.2 Å². The topological polar surface area (TPSA) is 120 Å². The third kappa shape index (κ3) is 4.92. The van der Waals surface area contributed by atoms with Crippen LogP contribution in [0.1, 0.15) is 24.1 Å². The first kappa shape index (κ1) is 24.2. The van der Waals surface area contributed by atoms with E-state index >= 15 is 0 Å². The smallest absolute Gasteiger partial charge is 0.268 e. The summed E-state index contributed by atoms with van der Waals surface area (Å²) in [5, 5.41) is 11.1. The van der Waals surface area contributed by atoms with Gasteiger partial charge in [-0.2, -0.15) is 0 Å². The molecule has 2 aromatic carbocycles. The Kier molecular flexibility index (Phi) is 6.90. The highest BCUT2D eigenvalue weighted by Gasteiger charge is 2.29. The lowest BCUT2D eigenvalue weighted by Gasteiger charge is -2.22. The second-order valence-electron chi connectivity index (χ2n) is 8.71. The molecule has 5 rings (SSSR count). The van der Waals surface area contributed by atoms with Crippen LogP contribution >= 0.6 is 0 Å². The monoisotopic (exact) mass is 505 g/mol. The van der Waals surface area contributed by atoms with Gasteiger partial charge in [0.2, 0.25) is 5.89 Å². The summed E-state index contributed by atoms with van der Waals surface area (Å²) in [6, 6.07) is 14.7. The van der Waals surface area contributed by atoms with E-state index in [9.17, 15) is 8.42 Å². The Hall–Kier alpha value is -3.47. The number of nitrogens with zero attached hydrogens (tertiary/aromatic N) is 4. The molecule has 10 heteroatoms. The molecule has 0 radical (unpaired) electrons. The Morgan fingerprint density at radius 1 is 0.944 bits per heavy atom. The van der Waals surface area contributed by atoms with Crippen molar-refractivity contribution in [3.8, 4) is 34.3 Å². The Bertz CT molecular complexity index is 1440. The molecule has 0 saturated carbocycles. The highest BCUT2D eigenvalue weighted by Crippen LogP contribution is 2.29. The van der Waals surface area contributed by atoms with Crippen molar-refractivity contribution in [1.29, 1.82) is 0 Å². The molecule has 0 unspecified atom stereocenters. The number of rotatable bonds is 7. The molecule has 0 aliphatic carbocycles. The highest BCUT2D eigenvalue weighted by atomic mass is 32.2. The van der Waals surface area contributed by atoms with Crippen molar-refractivity contribution in [2.75, 3.05) is 20.3 Å². The average molecular weight is 506 g/mol. The van der Waals surface area contributed by atoms with Gasteiger partial charge in [0.15, 0.2) is 9.84 Å². The summed E-state index contributed by atoms with van der Waals surface area (Å²) in [7, 11) is -1.50. The summed E-state index contributed by atoms with van der Waals surface area (Å²) in [6.45, 7) is 3.55. The van der Waals surface area contributed by atoms with Crippen LogP contribution < -0.4 is 5.32 Å². The molecule has 1 fully saturated rings. The minimum Gasteiger partial charge on any atom is -0.415 e. The van der Waals surface area contributed by atoms with E-state index in [4.69, 9.17) is 14.1 Å². The molecule has 3 heterocycles. The van der Waals surface area contributed by atoms with Crippen LogP contribution in [0.3, 0.4) is 0 Å². The number of hydrogen-bond donors (Lipinski definition) is 1. The van der Waals surface area contributed by atoms with E-state index < -0.39 is 15.1 Å². The van der Waals surface area contributed by atoms with Crippen LogP contribution in [0.2, 0.25) is 0 Å². The van der Waals surface area contributed by atoms with Gasteiger partial charge in [0, 0.05) is 30.9 Å². The fourth-order valence-electron chi connectivity index (χ4n) is 4.19. The molecule has 2 aromatic heterocycles. The Labute approximate surface area is 209 Å². The molecule has 1 aliphatic rings. The zero-order chi connectivity index (χ0) is 25.1. The normalized spacial score (nSPS) is 14.7. The van der Waals surface area contributed by atoms with Crippen LogP contribution in [-0.2, 0) is 21.1 Å². The van der Waals surface area contributed by atoms with Gasteiger partial charge in [0.1, 0.15) is 5.69 Å². The Balaban J connectivity index is 1.39. The largest absolute Gasteiger partial charge is 0.415 e. The lowest BCUT2D eigenvalue weighted by molar-refractivity contribution is 0.0983. The van der Waals surface area contributed by atoms with Gasteiger partial charge in [-0.25, -0.2) is 13.4 Å². The molecular formula is C26H27N5O4S. The summed E-state index contributed by atoms with van der Waals surface area (Å²) in [4.78, 5) is 9.47. The molecule has 0 spiro atoms. The first-order valence-corrected chi connectivity index (χ1v) is 13.3. The summed E-state index contributed by atoms with van der Waals surface area (Å²) in [5.74, 6) is 0.671. The lowest BCUT2D eigenvalue weighted by Crippen LogP contribution is -2.28. The third-order valence-corrected chi connectivity index (χ3v) is 8.53. The van der Waals surface area contributed by atoms with Crippen molar-refractivity contribution >= 4 is 9.84 Å². The molecule has 1 aliphatic heterocycles. The molecule has 0 atom stereocenters. The fourth-order valence-corrected chi connectivity index (χ4v) is 5.90. The van der Waals surface area contributed by atoms with E-state index in [1.54, 1.807) is 30.5 Å². The number of benzene rings is 2. The molecule has 1 saturated heterocycles. The molecule has 0 bridgehead atoms. The maximum Gasteiger partial charge on any atom is 0.268 e. The lowest BCUT2D eigenvalue weighted by atomic mass is 10.1. The second-order valence-corrected chi connectivity index (χ2v) is 10.9. The number of sulfone groups is 1. The third-order valence-electron chi connectivity index (χ3n) is 6.25. The number of ether oxygens (including phenoxy) is 1. The summed E-state index contributed by atoms with van der Waals surface area (Å²) in [5.41, 5.74) is 4.43. The van der Waals surface area contributed by atoms with Crippen LogP contribution in [0.4, 0.5) is 0 Å². The zero-order valence-corrected chi connectivity index (χ0v) is 21.0. The molecule has 36 heavy (non-hydrogen) atoms. The van der Waals surface area contributed by atoms with Crippen molar-refractivity contribution in [2.45, 2.75) is 36.5 Å². The number of aryl methyl sites for hydroxylation is 1. The average Bonchev–Trinajstić information content (AvgIpc) is 3.40. The minimum atomic E-state index is -3.40. The number of nitrogens with one attached hydrogen (secondary N) is 1. The first-order chi connectivity index (χ1) is 17.5. The minimum absolute atomic E-state index is 0.273. The van der Waals surface area contributed by atoms with Gasteiger partial charge in [-0.15, -0.1) is 10.2 Å². The van der Waals surface area contributed by atoms with E-state index in [0.29, 0.717) is 53.9 Å². The molecule has 186 valence electrons. The van der Waals surface area contributed by atoms with Gasteiger partial charge in [-0.1, -0.05) is 24.3 Å². The number of hydrogen-bond acceptors (Lipinski definition) is 9. The van der Waals surface area contributed by atoms with Crippen molar-refractivity contribution in [1.82, 2.24) is 25.5 Å². The first-order valence-electron chi connectivity index (χ1n) is 11.8. The van der Waals surface area contributed by atoms with Crippen LogP contribution in [0, 0.1) is 6.92 Å². The van der Waals surface area contributed by atoms with Gasteiger partial charge >= 0.3 is 0 Å². The predicted molar refractivity (Wildman–Crippen MR) is 135 cm³/mol. The van der Waals surface area contributed by atoms with Crippen molar-refractivity contribution in [3.05, 3.63) is 66.0 Å². The maximum absolute atomic E-state index is 13.0. The SMILES string of the molecule is CNCc1ccc(-c2nnc(-c3nc(-c4ccc(S(=O)(=O)C5CCOCC5)cc4)cnc3C)o2)cc1. The van der Waals surface area contributed by atoms with Gasteiger partial charge in [0.25, 0.3) is 5.89 Å². The van der Waals surface area contributed by atoms with E-state index in [0.717, 1.165) is 23.2 Å². The standard InChI is InChI=1S/C26H27N5O4S/c1-17-24(26-31-30-25(35-26)20-5-3-18(4-6-20)15-27-2)29-23(16-28-17)19-7-9-21(10-8-19)36(32,33)22-11-13-34-14-12-22/h3-10,16,22,27H,11-15H2,1-2H3. The van der Waals surface area contributed by atoms with Gasteiger partial charge in [-0.05, 0) is 56.6 Å². The highest BCUT2D eigenvalue weighted by molar-refractivity contribution is 7.92. The van der Waals surface area contributed by atoms with Crippen molar-refractivity contribution < 1.29 is 17.6 Å². The van der Waals surface area contributed by atoms with Crippen molar-refractivity contribution in [3.63, 3.8) is 0 Å². The summed E-state index contributed by atoms with van der Waals surface area (Å²) < 4.78 is 37.2. The van der Waals surface area contributed by atoms with Gasteiger partial charge in [-0.3, -0.25) is 4.98 Å². The Morgan fingerprint density at radius 2 is 1.61 bits per heavy atom. The van der Waals surface area contributed by atoms with Gasteiger partial charge in [0.05, 0.1) is 27.7 Å². The molecular weight excluding hydrogens is 478 g/mol. The maximum atomic E-state index is 13.0. The zero-order valence-electron chi connectivity index (χ0n) is 20.1. The van der Waals surface area contributed by atoms with Crippen LogP contribution in [-0.4, -0.2) is 54.1 Å². The number of aromatic nitrogens is 4. The van der Waals surface area contributed by atoms with Crippen LogP contribution in [0.5, 0.6) is 0 Å². The van der Waals surface area contributed by atoms with E-state index in [-0.39, 0.29) is 5.89 Å². The van der Waals surface area contributed by atoms with Crippen LogP contribution in [0.15, 0.2) is 64.0 Å². The molecule has 1 N–H and O–H groups in total. The van der Waals surface area contributed by atoms with E-state index in [1.165, 1.54) is 0 Å². The van der Waals surface area contributed by atoms with Crippen LogP contribution in [0.25, 0.3) is 34.3 Å². The van der Waals surface area contributed by atoms with Crippen molar-refractivity contribution in [2.24, 2.45) is 0 Å². The Morgan fingerprint density at radius 3 is 2.31 bits per heavy atom. The quantitative estimate of drug-likeness (QED) is 0.399. The van der Waals surface area contributed by atoms with Gasteiger partial charge < -0.3 is 14.5 Å². The summed E-state index contributed by atoms with van der Waals surface area (Å²) in [6.07, 6.45) is 2.69. The second kappa shape index (κ2) is 10.3. The molecule has 9 nitrogen and oxygen atoms in total. The fraction of sp³-hybridized carbons (Fsp3) is 0.308. The molecule has 0 amide bonds. The predicted octanol–water partition coefficient (Wildman–Crippen LogP) is 3.84. The molecule has 4 aromatic rings. The van der Waals surface area contributed by atoms with E-state index in [2.05, 4.69) is 20.5 Å².